The summed E-state index contributed by atoms with van der Waals surface area (Å²) in [5.74, 6) is 0. The van der Waals surface area contributed by atoms with Crippen LogP contribution in [-0.2, 0) is 11.0 Å². The fourth-order valence-electron chi connectivity index (χ4n) is 1.35. The summed E-state index contributed by atoms with van der Waals surface area (Å²) >= 11 is 0. The van der Waals surface area contributed by atoms with Crippen molar-refractivity contribution >= 4 is 11.0 Å². The van der Waals surface area contributed by atoms with Crippen LogP contribution in [0.5, 0.6) is 0 Å². The number of piperidine rings is 1. The first-order valence-corrected chi connectivity index (χ1v) is 5.59. The van der Waals surface area contributed by atoms with Crippen LogP contribution in [0.3, 0.4) is 0 Å². The van der Waals surface area contributed by atoms with Crippen LogP contribution < -0.4 is 0 Å². The molecule has 1 atom stereocenters. The normalized spacial score (nSPS) is 26.1. The fraction of sp³-hybridized carbons (Fsp3) is 0.875. The van der Waals surface area contributed by atoms with Gasteiger partial charge in [0.05, 0.1) is 22.5 Å². The Labute approximate surface area is 76.0 Å². The summed E-state index contributed by atoms with van der Waals surface area (Å²) in [6, 6.07) is 2.31. The van der Waals surface area contributed by atoms with Gasteiger partial charge in [-0.1, -0.05) is 0 Å². The van der Waals surface area contributed by atoms with E-state index in [0.29, 0.717) is 0 Å². The second-order valence-corrected chi connectivity index (χ2v) is 4.89. The summed E-state index contributed by atoms with van der Waals surface area (Å²) in [7, 11) is -0.863. The smallest absolute Gasteiger partial charge is 0.0910 e. The molecule has 1 aliphatic rings. The van der Waals surface area contributed by atoms with Crippen molar-refractivity contribution in [3.05, 3.63) is 0 Å². The van der Waals surface area contributed by atoms with Gasteiger partial charge in [-0.2, -0.15) is 5.26 Å². The van der Waals surface area contributed by atoms with Crippen LogP contribution in [0, 0.1) is 16.7 Å². The van der Waals surface area contributed by atoms with Crippen LogP contribution in [0.25, 0.3) is 0 Å². The van der Waals surface area contributed by atoms with Crippen molar-refractivity contribution in [3.63, 3.8) is 0 Å². The van der Waals surface area contributed by atoms with E-state index in [1.165, 1.54) is 0 Å². The average Bonchev–Trinajstić information content (AvgIpc) is 2.05. The van der Waals surface area contributed by atoms with Crippen molar-refractivity contribution < 1.29 is 4.21 Å². The zero-order valence-electron chi connectivity index (χ0n) is 7.54. The Balaban J connectivity index is 2.51. The lowest BCUT2D eigenvalue weighted by Gasteiger charge is -2.32. The summed E-state index contributed by atoms with van der Waals surface area (Å²) < 4.78 is 13.0. The molecule has 1 aliphatic heterocycles. The summed E-state index contributed by atoms with van der Waals surface area (Å²) in [6.07, 6.45) is 3.36. The summed E-state index contributed by atoms with van der Waals surface area (Å²) in [5.41, 5.74) is -0.185. The minimum Gasteiger partial charge on any atom is -0.243 e. The van der Waals surface area contributed by atoms with Gasteiger partial charge in [0.1, 0.15) is 0 Å². The molecule has 0 N–H and O–H groups in total. The minimum atomic E-state index is -0.863. The predicted octanol–water partition coefficient (Wildman–Crippen LogP) is 0.906. The van der Waals surface area contributed by atoms with E-state index in [2.05, 4.69) is 6.07 Å². The van der Waals surface area contributed by atoms with E-state index in [0.717, 1.165) is 25.9 Å². The van der Waals surface area contributed by atoms with Crippen molar-refractivity contribution in [2.75, 3.05) is 19.3 Å². The molecule has 1 unspecified atom stereocenters. The summed E-state index contributed by atoms with van der Waals surface area (Å²) in [5, 5.41) is 8.83. The highest BCUT2D eigenvalue weighted by atomic mass is 32.2. The molecule has 0 aromatic heterocycles. The largest absolute Gasteiger partial charge is 0.243 e. The first-order valence-electron chi connectivity index (χ1n) is 4.07. The average molecular weight is 186 g/mol. The molecule has 0 spiro atoms. The molecule has 1 saturated heterocycles. The number of nitriles is 1. The van der Waals surface area contributed by atoms with Crippen molar-refractivity contribution in [2.24, 2.45) is 5.41 Å². The van der Waals surface area contributed by atoms with E-state index < -0.39 is 11.0 Å². The zero-order valence-corrected chi connectivity index (χ0v) is 8.36. The second kappa shape index (κ2) is 3.55. The fourth-order valence-corrected chi connectivity index (χ4v) is 2.05. The molecule has 0 bridgehead atoms. The summed E-state index contributed by atoms with van der Waals surface area (Å²) in [4.78, 5) is 0. The van der Waals surface area contributed by atoms with E-state index in [1.54, 1.807) is 6.26 Å². The molecule has 0 aromatic carbocycles. The van der Waals surface area contributed by atoms with Gasteiger partial charge in [0, 0.05) is 19.3 Å². The molecular formula is C8H14N2OS. The molecule has 0 aromatic rings. The topological polar surface area (TPSA) is 44.1 Å². The van der Waals surface area contributed by atoms with Gasteiger partial charge in [-0.05, 0) is 19.8 Å². The van der Waals surface area contributed by atoms with Gasteiger partial charge in [0.25, 0.3) is 0 Å². The van der Waals surface area contributed by atoms with Gasteiger partial charge >= 0.3 is 0 Å². The zero-order chi connectivity index (χ0) is 9.19. The SMILES string of the molecule is CS(=O)N1CCC(C)(C#N)CC1. The molecule has 0 saturated carbocycles. The van der Waals surface area contributed by atoms with Crippen molar-refractivity contribution in [1.82, 2.24) is 4.31 Å². The first kappa shape index (κ1) is 9.69. The Morgan fingerprint density at radius 3 is 2.33 bits per heavy atom. The molecule has 0 radical (unpaired) electrons. The number of rotatable bonds is 1. The molecule has 4 heteroatoms. The van der Waals surface area contributed by atoms with Gasteiger partial charge in [-0.25, -0.2) is 8.51 Å². The van der Waals surface area contributed by atoms with Crippen LogP contribution in [0.1, 0.15) is 19.8 Å². The van der Waals surface area contributed by atoms with Crippen LogP contribution in [0.15, 0.2) is 0 Å². The highest BCUT2D eigenvalue weighted by Gasteiger charge is 2.30. The third-order valence-electron chi connectivity index (χ3n) is 2.46. The Bertz CT molecular complexity index is 226. The molecule has 1 rings (SSSR count). The summed E-state index contributed by atoms with van der Waals surface area (Å²) in [6.45, 7) is 3.54. The van der Waals surface area contributed by atoms with Crippen molar-refractivity contribution in [3.8, 4) is 6.07 Å². The second-order valence-electron chi connectivity index (χ2n) is 3.53. The van der Waals surface area contributed by atoms with Crippen molar-refractivity contribution in [2.45, 2.75) is 19.8 Å². The Hall–Kier alpha value is -0.400. The maximum atomic E-state index is 11.1. The lowest BCUT2D eigenvalue weighted by Crippen LogP contribution is -2.38. The third-order valence-corrected chi connectivity index (χ3v) is 3.55. The van der Waals surface area contributed by atoms with Crippen LogP contribution in [0.2, 0.25) is 0 Å². The third kappa shape index (κ3) is 2.05. The van der Waals surface area contributed by atoms with Gasteiger partial charge < -0.3 is 0 Å². The molecule has 0 amide bonds. The molecule has 12 heavy (non-hydrogen) atoms. The Morgan fingerprint density at radius 1 is 1.50 bits per heavy atom. The maximum absolute atomic E-state index is 11.1. The number of nitrogens with zero attached hydrogens (tertiary/aromatic N) is 2. The minimum absolute atomic E-state index is 0.185. The molecular weight excluding hydrogens is 172 g/mol. The van der Waals surface area contributed by atoms with E-state index in [9.17, 15) is 4.21 Å². The molecule has 68 valence electrons. The van der Waals surface area contributed by atoms with Gasteiger partial charge in [-0.15, -0.1) is 0 Å². The monoisotopic (exact) mass is 186 g/mol. The highest BCUT2D eigenvalue weighted by molar-refractivity contribution is 7.81. The van der Waals surface area contributed by atoms with Crippen molar-refractivity contribution in [1.29, 1.82) is 5.26 Å². The predicted molar refractivity (Wildman–Crippen MR) is 48.6 cm³/mol. The van der Waals surface area contributed by atoms with Gasteiger partial charge in [0.15, 0.2) is 0 Å². The molecule has 0 aliphatic carbocycles. The van der Waals surface area contributed by atoms with E-state index in [4.69, 9.17) is 5.26 Å². The standard InChI is InChI=1S/C8H14N2OS/c1-8(7-9)3-5-10(6-4-8)12(2)11/h3-6H2,1-2H3. The quantitative estimate of drug-likeness (QED) is 0.611. The maximum Gasteiger partial charge on any atom is 0.0910 e. The van der Waals surface area contributed by atoms with E-state index in [1.807, 2.05) is 11.2 Å². The lowest BCUT2D eigenvalue weighted by atomic mass is 9.83. The molecule has 1 fully saturated rings. The van der Waals surface area contributed by atoms with Gasteiger partial charge in [0.2, 0.25) is 0 Å². The Kier molecular flexibility index (Phi) is 2.86. The van der Waals surface area contributed by atoms with E-state index >= 15 is 0 Å². The Morgan fingerprint density at radius 2 is 2.00 bits per heavy atom. The number of hydrogen-bond donors (Lipinski definition) is 0. The molecule has 3 nitrogen and oxygen atoms in total. The van der Waals surface area contributed by atoms with Crippen LogP contribution in [0.4, 0.5) is 0 Å². The number of hydrogen-bond acceptors (Lipinski definition) is 2. The van der Waals surface area contributed by atoms with Crippen LogP contribution >= 0.6 is 0 Å². The first-order chi connectivity index (χ1) is 5.57. The van der Waals surface area contributed by atoms with Crippen LogP contribution in [-0.4, -0.2) is 27.9 Å². The lowest BCUT2D eigenvalue weighted by molar-refractivity contribution is 0.239. The molecule has 1 heterocycles. The highest BCUT2D eigenvalue weighted by Crippen LogP contribution is 2.29. The van der Waals surface area contributed by atoms with Gasteiger partial charge in [-0.3, -0.25) is 0 Å². The van der Waals surface area contributed by atoms with E-state index in [-0.39, 0.29) is 5.41 Å².